The maximum Gasteiger partial charge on any atom is 0.416 e. The largest absolute Gasteiger partial charge is 0.416 e. The van der Waals surface area contributed by atoms with Crippen molar-refractivity contribution in [2.75, 3.05) is 26.8 Å². The monoisotopic (exact) mass is 348 g/mol. The Morgan fingerprint density at radius 1 is 1.42 bits per heavy atom. The molecule has 0 bridgehead atoms. The second-order valence-corrected chi connectivity index (χ2v) is 5.87. The number of piperidine rings is 1. The predicted octanol–water partition coefficient (Wildman–Crippen LogP) is 3.41. The van der Waals surface area contributed by atoms with Crippen molar-refractivity contribution >= 4 is 6.03 Å². The summed E-state index contributed by atoms with van der Waals surface area (Å²) in [7, 11) is 1.59. The summed E-state index contributed by atoms with van der Waals surface area (Å²) in [5.41, 5.74) is -1.23. The van der Waals surface area contributed by atoms with Crippen LogP contribution in [0.5, 0.6) is 0 Å². The van der Waals surface area contributed by atoms with E-state index < -0.39 is 23.6 Å². The quantitative estimate of drug-likeness (QED) is 0.848. The number of nitrogens with zero attached hydrogens (tertiary/aromatic N) is 1. The van der Waals surface area contributed by atoms with Crippen molar-refractivity contribution in [1.29, 1.82) is 0 Å². The van der Waals surface area contributed by atoms with Gasteiger partial charge in [-0.15, -0.1) is 0 Å². The third-order valence-electron chi connectivity index (χ3n) is 4.02. The number of rotatable bonds is 4. The fraction of sp³-hybridized carbons (Fsp3) is 0.562. The Morgan fingerprint density at radius 2 is 2.17 bits per heavy atom. The number of halogens is 4. The number of amides is 2. The van der Waals surface area contributed by atoms with E-state index in [0.717, 1.165) is 25.0 Å². The summed E-state index contributed by atoms with van der Waals surface area (Å²) < 4.78 is 57.0. The number of ether oxygens (including phenoxy) is 1. The van der Waals surface area contributed by atoms with Crippen LogP contribution in [0.25, 0.3) is 0 Å². The number of benzene rings is 1. The molecule has 134 valence electrons. The van der Waals surface area contributed by atoms with E-state index in [1.165, 1.54) is 0 Å². The maximum absolute atomic E-state index is 13.1. The van der Waals surface area contributed by atoms with Crippen LogP contribution in [0.1, 0.15) is 24.0 Å². The van der Waals surface area contributed by atoms with Gasteiger partial charge >= 0.3 is 12.2 Å². The van der Waals surface area contributed by atoms with Crippen molar-refractivity contribution in [1.82, 2.24) is 10.2 Å². The third-order valence-corrected chi connectivity index (χ3v) is 4.02. The van der Waals surface area contributed by atoms with Crippen LogP contribution in [0.3, 0.4) is 0 Å². The smallest absolute Gasteiger partial charge is 0.384 e. The van der Waals surface area contributed by atoms with E-state index in [-0.39, 0.29) is 18.0 Å². The zero-order chi connectivity index (χ0) is 17.7. The lowest BCUT2D eigenvalue weighted by Gasteiger charge is -2.32. The summed E-state index contributed by atoms with van der Waals surface area (Å²) in [5.74, 6) is -0.734. The molecule has 1 fully saturated rings. The van der Waals surface area contributed by atoms with Crippen molar-refractivity contribution in [2.45, 2.75) is 25.6 Å². The molecule has 1 saturated heterocycles. The molecule has 1 aromatic carbocycles. The van der Waals surface area contributed by atoms with Gasteiger partial charge in [-0.1, -0.05) is 6.07 Å². The van der Waals surface area contributed by atoms with Crippen molar-refractivity contribution in [3.63, 3.8) is 0 Å². The van der Waals surface area contributed by atoms with Crippen LogP contribution in [0.2, 0.25) is 0 Å². The van der Waals surface area contributed by atoms with E-state index in [9.17, 15) is 22.4 Å². The number of alkyl halides is 3. The molecular weight excluding hydrogens is 328 g/mol. The molecule has 0 unspecified atom stereocenters. The fourth-order valence-corrected chi connectivity index (χ4v) is 2.87. The van der Waals surface area contributed by atoms with Crippen molar-refractivity contribution in [3.05, 3.63) is 35.1 Å². The Hall–Kier alpha value is -1.83. The van der Waals surface area contributed by atoms with Gasteiger partial charge in [-0.2, -0.15) is 13.2 Å². The lowest BCUT2D eigenvalue weighted by atomic mass is 9.99. The molecule has 0 aromatic heterocycles. The molecular formula is C16H20F4N2O2. The lowest BCUT2D eigenvalue weighted by molar-refractivity contribution is -0.138. The minimum absolute atomic E-state index is 0.164. The number of hydrogen-bond donors (Lipinski definition) is 1. The van der Waals surface area contributed by atoms with Gasteiger partial charge < -0.3 is 15.0 Å². The van der Waals surface area contributed by atoms with Crippen LogP contribution in [0, 0.1) is 11.7 Å². The number of likely N-dealkylation sites (tertiary alicyclic amines) is 1. The van der Waals surface area contributed by atoms with Crippen LogP contribution in [0.15, 0.2) is 18.2 Å². The number of methoxy groups -OCH3 is 1. The topological polar surface area (TPSA) is 41.6 Å². The van der Waals surface area contributed by atoms with Gasteiger partial charge in [0.1, 0.15) is 5.82 Å². The van der Waals surface area contributed by atoms with Crippen LogP contribution in [-0.2, 0) is 17.5 Å². The summed E-state index contributed by atoms with van der Waals surface area (Å²) in [5, 5.41) is 2.49. The predicted molar refractivity (Wildman–Crippen MR) is 79.8 cm³/mol. The van der Waals surface area contributed by atoms with E-state index >= 15 is 0 Å². The highest BCUT2D eigenvalue weighted by molar-refractivity contribution is 5.74. The highest BCUT2D eigenvalue weighted by Gasteiger charge is 2.34. The van der Waals surface area contributed by atoms with Crippen LogP contribution in [-0.4, -0.2) is 37.7 Å². The highest BCUT2D eigenvalue weighted by atomic mass is 19.4. The van der Waals surface area contributed by atoms with Gasteiger partial charge in [0, 0.05) is 32.7 Å². The standard InChI is InChI=1S/C16H20F4N2O2/c1-24-10-11-3-2-6-22(9-11)15(23)21-8-12-4-5-13(17)7-14(12)16(18,19)20/h4-5,7,11H,2-3,6,8-10H2,1H3,(H,21,23)/t11-/m1/s1. The normalized spacial score (nSPS) is 18.5. The molecule has 24 heavy (non-hydrogen) atoms. The van der Waals surface area contributed by atoms with Gasteiger partial charge in [-0.05, 0) is 30.5 Å². The first-order valence-electron chi connectivity index (χ1n) is 7.68. The molecule has 0 radical (unpaired) electrons. The molecule has 0 aliphatic carbocycles. The molecule has 0 spiro atoms. The molecule has 1 N–H and O–H groups in total. The molecule has 2 amide bonds. The second-order valence-electron chi connectivity index (χ2n) is 5.87. The first-order valence-corrected chi connectivity index (χ1v) is 7.68. The average molecular weight is 348 g/mol. The van der Waals surface area contributed by atoms with E-state index in [1.54, 1.807) is 12.0 Å². The van der Waals surface area contributed by atoms with Crippen LogP contribution >= 0.6 is 0 Å². The Morgan fingerprint density at radius 3 is 2.83 bits per heavy atom. The highest BCUT2D eigenvalue weighted by Crippen LogP contribution is 2.32. The summed E-state index contributed by atoms with van der Waals surface area (Å²) in [6.45, 7) is 1.30. The second kappa shape index (κ2) is 7.83. The van der Waals surface area contributed by atoms with E-state index in [1.807, 2.05) is 0 Å². The van der Waals surface area contributed by atoms with E-state index in [2.05, 4.69) is 5.32 Å². The summed E-state index contributed by atoms with van der Waals surface area (Å²) in [6.07, 6.45) is -2.89. The summed E-state index contributed by atoms with van der Waals surface area (Å²) in [6, 6.07) is 2.01. The van der Waals surface area contributed by atoms with Crippen LogP contribution < -0.4 is 5.32 Å². The zero-order valence-corrected chi connectivity index (χ0v) is 13.3. The number of urea groups is 1. The lowest BCUT2D eigenvalue weighted by Crippen LogP contribution is -2.46. The fourth-order valence-electron chi connectivity index (χ4n) is 2.87. The van der Waals surface area contributed by atoms with Gasteiger partial charge in [0.25, 0.3) is 0 Å². The molecule has 1 aliphatic heterocycles. The van der Waals surface area contributed by atoms with Gasteiger partial charge in [0.2, 0.25) is 0 Å². The number of nitrogens with one attached hydrogen (secondary N) is 1. The van der Waals surface area contributed by atoms with E-state index in [4.69, 9.17) is 4.74 Å². The van der Waals surface area contributed by atoms with Gasteiger partial charge in [0.05, 0.1) is 12.2 Å². The Balaban J connectivity index is 1.99. The Labute approximate surface area is 137 Å². The van der Waals surface area contributed by atoms with Gasteiger partial charge in [0.15, 0.2) is 0 Å². The Bertz CT molecular complexity index is 576. The molecule has 1 aliphatic rings. The minimum atomic E-state index is -4.67. The summed E-state index contributed by atoms with van der Waals surface area (Å²) >= 11 is 0. The minimum Gasteiger partial charge on any atom is -0.384 e. The molecule has 1 heterocycles. The SMILES string of the molecule is COC[C@@H]1CCCN(C(=O)NCc2ccc(F)cc2C(F)(F)F)C1. The van der Waals surface area contributed by atoms with Gasteiger partial charge in [-0.3, -0.25) is 0 Å². The maximum atomic E-state index is 13.1. The Kier molecular flexibility index (Phi) is 6.04. The molecule has 1 aromatic rings. The zero-order valence-electron chi connectivity index (χ0n) is 13.3. The number of carbonyl (C=O) groups is 1. The molecule has 2 rings (SSSR count). The molecule has 1 atom stereocenters. The average Bonchev–Trinajstić information content (AvgIpc) is 2.53. The van der Waals surface area contributed by atoms with Crippen LogP contribution in [0.4, 0.5) is 22.4 Å². The van der Waals surface area contributed by atoms with Crippen molar-refractivity contribution in [2.24, 2.45) is 5.92 Å². The third kappa shape index (κ3) is 4.83. The van der Waals surface area contributed by atoms with Gasteiger partial charge in [-0.25, -0.2) is 9.18 Å². The molecule has 8 heteroatoms. The summed E-state index contributed by atoms with van der Waals surface area (Å²) in [4.78, 5) is 13.7. The molecule has 0 saturated carbocycles. The van der Waals surface area contributed by atoms with E-state index in [0.29, 0.717) is 25.8 Å². The van der Waals surface area contributed by atoms with Crippen molar-refractivity contribution in [3.8, 4) is 0 Å². The molecule has 4 nitrogen and oxygen atoms in total. The first kappa shape index (κ1) is 18.5. The van der Waals surface area contributed by atoms with Crippen molar-refractivity contribution < 1.29 is 27.1 Å². The number of carbonyl (C=O) groups excluding carboxylic acids is 1. The first-order chi connectivity index (χ1) is 11.3. The number of hydrogen-bond acceptors (Lipinski definition) is 2.